The standard InChI is InChI=1S/C17H16N2.Ir/c1-14-3-7-16(8-4-14)18-11-12-19(13-18)17-9-5-15(2)6-10-17;/h3-9,11-13H,1-2H3;/q-2;. The van der Waals surface area contributed by atoms with E-state index in [1.54, 1.807) is 0 Å². The van der Waals surface area contributed by atoms with Crippen molar-refractivity contribution in [3.63, 3.8) is 0 Å². The van der Waals surface area contributed by atoms with Gasteiger partial charge in [0, 0.05) is 25.8 Å². The molecule has 0 bridgehead atoms. The number of hydrogen-bond acceptors (Lipinski definition) is 2. The molecule has 0 unspecified atom stereocenters. The van der Waals surface area contributed by atoms with Crippen molar-refractivity contribution in [3.05, 3.63) is 78.7 Å². The maximum Gasteiger partial charge on any atom is 0.0124 e. The second kappa shape index (κ2) is 6.25. The molecule has 0 amide bonds. The summed E-state index contributed by atoms with van der Waals surface area (Å²) in [6.07, 6.45) is 4.10. The fourth-order valence-corrected chi connectivity index (χ4v) is 2.02. The zero-order valence-electron chi connectivity index (χ0n) is 11.5. The predicted molar refractivity (Wildman–Crippen MR) is 79.6 cm³/mol. The quantitative estimate of drug-likeness (QED) is 0.651. The molecule has 0 aliphatic carbocycles. The van der Waals surface area contributed by atoms with Crippen LogP contribution in [0.1, 0.15) is 11.1 Å². The normalized spacial score (nSPS) is 13.5. The van der Waals surface area contributed by atoms with Crippen LogP contribution in [-0.4, -0.2) is 0 Å². The first-order valence-corrected chi connectivity index (χ1v) is 6.37. The Balaban J connectivity index is 0.00000147. The predicted octanol–water partition coefficient (Wildman–Crippen LogP) is 4.02. The van der Waals surface area contributed by atoms with Crippen LogP contribution in [0.2, 0.25) is 0 Å². The Morgan fingerprint density at radius 2 is 1.50 bits per heavy atom. The Bertz CT molecular complexity index is 534. The van der Waals surface area contributed by atoms with Gasteiger partial charge in [-0.25, -0.2) is 0 Å². The molecule has 20 heavy (non-hydrogen) atoms. The fourth-order valence-electron chi connectivity index (χ4n) is 2.02. The molecule has 1 aliphatic rings. The van der Waals surface area contributed by atoms with Crippen molar-refractivity contribution in [2.75, 3.05) is 9.80 Å². The molecule has 0 aromatic heterocycles. The largest absolute Gasteiger partial charge is 0.500 e. The summed E-state index contributed by atoms with van der Waals surface area (Å²) >= 11 is 0. The fraction of sp³-hybridized carbons (Fsp3) is 0.118. The number of aryl methyl sites for hydroxylation is 2. The van der Waals surface area contributed by atoms with Crippen LogP contribution in [0.5, 0.6) is 0 Å². The van der Waals surface area contributed by atoms with E-state index in [-0.39, 0.29) is 20.1 Å². The van der Waals surface area contributed by atoms with Gasteiger partial charge in [0.1, 0.15) is 0 Å². The van der Waals surface area contributed by atoms with Crippen molar-refractivity contribution in [1.82, 2.24) is 0 Å². The second-order valence-electron chi connectivity index (χ2n) is 4.81. The third-order valence-corrected chi connectivity index (χ3v) is 3.20. The summed E-state index contributed by atoms with van der Waals surface area (Å²) in [4.78, 5) is 4.17. The van der Waals surface area contributed by atoms with Crippen LogP contribution in [0, 0.1) is 26.6 Å². The van der Waals surface area contributed by atoms with Gasteiger partial charge >= 0.3 is 0 Å². The summed E-state index contributed by atoms with van der Waals surface area (Å²) in [6.45, 7) is 6.23. The van der Waals surface area contributed by atoms with Crippen LogP contribution in [0.4, 0.5) is 11.4 Å². The number of rotatable bonds is 2. The maximum atomic E-state index is 3.28. The Morgan fingerprint density at radius 3 is 2.15 bits per heavy atom. The SMILES string of the molecule is Cc1c[c-]c(N2C=CN(c3ccc(C)cc3)[CH-]2)cc1.[Ir]. The van der Waals surface area contributed by atoms with E-state index in [1.807, 2.05) is 12.3 Å². The van der Waals surface area contributed by atoms with E-state index in [4.69, 9.17) is 0 Å². The Labute approximate surface area is 134 Å². The average Bonchev–Trinajstić information content (AvgIpc) is 2.90. The number of anilines is 2. The summed E-state index contributed by atoms with van der Waals surface area (Å²) in [6, 6.07) is 18.0. The van der Waals surface area contributed by atoms with E-state index in [0.29, 0.717) is 0 Å². The van der Waals surface area contributed by atoms with Gasteiger partial charge in [-0.15, -0.1) is 18.4 Å². The molecule has 2 nitrogen and oxygen atoms in total. The molecular formula is C17H16IrN2-2. The van der Waals surface area contributed by atoms with Crippen molar-refractivity contribution in [1.29, 1.82) is 0 Å². The monoisotopic (exact) mass is 441 g/mol. The first kappa shape index (κ1) is 14.8. The van der Waals surface area contributed by atoms with Crippen LogP contribution < -0.4 is 9.80 Å². The summed E-state index contributed by atoms with van der Waals surface area (Å²) in [5.41, 5.74) is 4.71. The van der Waals surface area contributed by atoms with E-state index in [0.717, 1.165) is 11.4 Å². The van der Waals surface area contributed by atoms with Gasteiger partial charge in [0.15, 0.2) is 0 Å². The van der Waals surface area contributed by atoms with Crippen LogP contribution in [-0.2, 0) is 20.1 Å². The average molecular weight is 441 g/mol. The van der Waals surface area contributed by atoms with E-state index >= 15 is 0 Å². The third kappa shape index (κ3) is 3.12. The molecule has 0 saturated heterocycles. The van der Waals surface area contributed by atoms with Crippen molar-refractivity contribution < 1.29 is 20.1 Å². The summed E-state index contributed by atoms with van der Waals surface area (Å²) in [7, 11) is 0. The molecule has 1 aliphatic heterocycles. The van der Waals surface area contributed by atoms with E-state index in [2.05, 4.69) is 79.0 Å². The van der Waals surface area contributed by atoms with Gasteiger partial charge < -0.3 is 9.80 Å². The summed E-state index contributed by atoms with van der Waals surface area (Å²) in [5, 5.41) is 0. The Kier molecular flexibility index (Phi) is 4.64. The topological polar surface area (TPSA) is 6.48 Å². The first-order chi connectivity index (χ1) is 9.22. The molecule has 0 N–H and O–H groups in total. The zero-order chi connectivity index (χ0) is 13.2. The molecule has 3 rings (SSSR count). The molecular weight excluding hydrogens is 424 g/mol. The van der Waals surface area contributed by atoms with E-state index in [1.165, 1.54) is 11.1 Å². The summed E-state index contributed by atoms with van der Waals surface area (Å²) in [5.74, 6) is 0. The molecule has 0 saturated carbocycles. The molecule has 0 spiro atoms. The van der Waals surface area contributed by atoms with Gasteiger partial charge in [-0.2, -0.15) is 23.8 Å². The van der Waals surface area contributed by atoms with Gasteiger partial charge in [-0.05, 0) is 31.5 Å². The zero-order valence-corrected chi connectivity index (χ0v) is 13.9. The third-order valence-electron chi connectivity index (χ3n) is 3.20. The van der Waals surface area contributed by atoms with Crippen LogP contribution >= 0.6 is 0 Å². The summed E-state index contributed by atoms with van der Waals surface area (Å²) < 4.78 is 0. The molecule has 3 heteroatoms. The van der Waals surface area contributed by atoms with Crippen molar-refractivity contribution in [2.24, 2.45) is 0 Å². The molecule has 0 fully saturated rings. The number of benzene rings is 2. The number of nitrogens with zero attached hydrogens (tertiary/aromatic N) is 2. The van der Waals surface area contributed by atoms with Crippen molar-refractivity contribution >= 4 is 11.4 Å². The van der Waals surface area contributed by atoms with E-state index < -0.39 is 0 Å². The Morgan fingerprint density at radius 1 is 0.850 bits per heavy atom. The molecule has 2 aromatic rings. The van der Waals surface area contributed by atoms with Gasteiger partial charge in [-0.1, -0.05) is 24.6 Å². The first-order valence-electron chi connectivity index (χ1n) is 6.37. The van der Waals surface area contributed by atoms with Crippen LogP contribution in [0.25, 0.3) is 0 Å². The minimum atomic E-state index is 0. The molecule has 2 aromatic carbocycles. The Hall–Kier alpha value is -1.57. The molecule has 105 valence electrons. The smallest absolute Gasteiger partial charge is 0.0124 e. The van der Waals surface area contributed by atoms with Gasteiger partial charge in [0.2, 0.25) is 0 Å². The molecule has 1 radical (unpaired) electrons. The van der Waals surface area contributed by atoms with Crippen molar-refractivity contribution in [2.45, 2.75) is 13.8 Å². The molecule has 1 heterocycles. The van der Waals surface area contributed by atoms with Crippen LogP contribution in [0.15, 0.2) is 54.9 Å². The van der Waals surface area contributed by atoms with Gasteiger partial charge in [0.05, 0.1) is 0 Å². The minimum Gasteiger partial charge on any atom is -0.500 e. The van der Waals surface area contributed by atoms with Crippen LogP contribution in [0.3, 0.4) is 0 Å². The molecule has 0 atom stereocenters. The van der Waals surface area contributed by atoms with Crippen molar-refractivity contribution in [3.8, 4) is 0 Å². The second-order valence-corrected chi connectivity index (χ2v) is 4.81. The minimum absolute atomic E-state index is 0. The van der Waals surface area contributed by atoms with E-state index in [9.17, 15) is 0 Å². The van der Waals surface area contributed by atoms with Gasteiger partial charge in [0.25, 0.3) is 0 Å². The number of hydrogen-bond donors (Lipinski definition) is 0. The maximum absolute atomic E-state index is 3.28. The van der Waals surface area contributed by atoms with Gasteiger partial charge in [-0.3, -0.25) is 0 Å².